The van der Waals surface area contributed by atoms with Crippen molar-refractivity contribution in [1.82, 2.24) is 4.98 Å². The van der Waals surface area contributed by atoms with E-state index in [9.17, 15) is 10.1 Å². The maximum atomic E-state index is 10.7. The number of hydrogen-bond donors (Lipinski definition) is 0. The van der Waals surface area contributed by atoms with Gasteiger partial charge in [0.25, 0.3) is 5.69 Å². The lowest BCUT2D eigenvalue weighted by molar-refractivity contribution is -0.385. The minimum Gasteiger partial charge on any atom is -0.438 e. The molecule has 5 nitrogen and oxygen atoms in total. The first-order valence-corrected chi connectivity index (χ1v) is 5.90. The summed E-state index contributed by atoms with van der Waals surface area (Å²) in [5.41, 5.74) is 1.87. The first-order chi connectivity index (χ1) is 8.95. The van der Waals surface area contributed by atoms with Crippen LogP contribution < -0.4 is 4.74 Å². The molecule has 2 aromatic rings. The van der Waals surface area contributed by atoms with Gasteiger partial charge >= 0.3 is 0 Å². The molecule has 0 spiro atoms. The first-order valence-electron chi connectivity index (χ1n) is 5.53. The summed E-state index contributed by atoms with van der Waals surface area (Å²) >= 11 is 5.73. The molecule has 2 rings (SSSR count). The Morgan fingerprint density at radius 1 is 1.26 bits per heavy atom. The Balaban J connectivity index is 2.35. The number of nitro groups is 1. The van der Waals surface area contributed by atoms with Gasteiger partial charge in [-0.25, -0.2) is 4.98 Å². The van der Waals surface area contributed by atoms with Crippen LogP contribution in [-0.2, 0) is 0 Å². The molecule has 0 atom stereocenters. The zero-order valence-corrected chi connectivity index (χ0v) is 11.1. The predicted octanol–water partition coefficient (Wildman–Crippen LogP) is 4.05. The van der Waals surface area contributed by atoms with Gasteiger partial charge in [0.1, 0.15) is 10.9 Å². The van der Waals surface area contributed by atoms with E-state index in [4.69, 9.17) is 16.3 Å². The number of aromatic nitrogens is 1. The molecule has 98 valence electrons. The van der Waals surface area contributed by atoms with Crippen LogP contribution in [0, 0.1) is 24.0 Å². The average molecular weight is 279 g/mol. The molecule has 0 saturated heterocycles. The van der Waals surface area contributed by atoms with Gasteiger partial charge in [-0.3, -0.25) is 10.1 Å². The fraction of sp³-hybridized carbons (Fsp3) is 0.154. The summed E-state index contributed by atoms with van der Waals surface area (Å²) in [5, 5.41) is 10.8. The topological polar surface area (TPSA) is 65.3 Å². The van der Waals surface area contributed by atoms with E-state index in [0.29, 0.717) is 5.75 Å². The molecule has 0 saturated carbocycles. The summed E-state index contributed by atoms with van der Waals surface area (Å²) in [7, 11) is 0. The Hall–Kier alpha value is -2.14. The molecule has 0 bridgehead atoms. The van der Waals surface area contributed by atoms with Crippen LogP contribution in [0.5, 0.6) is 11.6 Å². The van der Waals surface area contributed by atoms with Gasteiger partial charge in [0.05, 0.1) is 17.1 Å². The highest BCUT2D eigenvalue weighted by atomic mass is 35.5. The van der Waals surface area contributed by atoms with Crippen molar-refractivity contribution >= 4 is 17.3 Å². The van der Waals surface area contributed by atoms with E-state index >= 15 is 0 Å². The smallest absolute Gasteiger partial charge is 0.277 e. The van der Waals surface area contributed by atoms with Crippen molar-refractivity contribution in [2.45, 2.75) is 13.8 Å². The van der Waals surface area contributed by atoms with Crippen LogP contribution in [0.2, 0.25) is 5.15 Å². The second kappa shape index (κ2) is 5.24. The number of benzene rings is 1. The third-order valence-electron chi connectivity index (χ3n) is 2.51. The van der Waals surface area contributed by atoms with Crippen molar-refractivity contribution in [3.8, 4) is 11.6 Å². The molecule has 1 aromatic heterocycles. The molecule has 19 heavy (non-hydrogen) atoms. The highest BCUT2D eigenvalue weighted by Crippen LogP contribution is 2.28. The standard InChI is InChI=1S/C13H11ClN2O3/c1-8-3-4-11(9(2)5-8)19-13-7-10(16(17)18)6-12(14)15-13/h3-7H,1-2H3. The van der Waals surface area contributed by atoms with E-state index in [1.165, 1.54) is 12.1 Å². The molecule has 0 aliphatic carbocycles. The second-order valence-electron chi connectivity index (χ2n) is 4.11. The summed E-state index contributed by atoms with van der Waals surface area (Å²) in [6, 6.07) is 8.05. The van der Waals surface area contributed by atoms with E-state index in [-0.39, 0.29) is 16.7 Å². The number of rotatable bonds is 3. The lowest BCUT2D eigenvalue weighted by atomic mass is 10.1. The maximum absolute atomic E-state index is 10.7. The molecular formula is C13H11ClN2O3. The third kappa shape index (κ3) is 3.20. The molecule has 0 aliphatic rings. The zero-order valence-electron chi connectivity index (χ0n) is 10.4. The Bertz CT molecular complexity index is 644. The quantitative estimate of drug-likeness (QED) is 0.482. The molecule has 0 fully saturated rings. The number of aryl methyl sites for hydroxylation is 2. The van der Waals surface area contributed by atoms with Gasteiger partial charge in [-0.1, -0.05) is 29.3 Å². The van der Waals surface area contributed by atoms with Gasteiger partial charge in [0.15, 0.2) is 0 Å². The largest absolute Gasteiger partial charge is 0.438 e. The summed E-state index contributed by atoms with van der Waals surface area (Å²) in [6.07, 6.45) is 0. The average Bonchev–Trinajstić information content (AvgIpc) is 2.32. The Morgan fingerprint density at radius 3 is 2.63 bits per heavy atom. The van der Waals surface area contributed by atoms with Crippen LogP contribution in [0.3, 0.4) is 0 Å². The van der Waals surface area contributed by atoms with Crippen molar-refractivity contribution in [3.05, 3.63) is 56.7 Å². The monoisotopic (exact) mass is 278 g/mol. The Kier molecular flexibility index (Phi) is 3.66. The number of halogens is 1. The predicted molar refractivity (Wildman–Crippen MR) is 71.9 cm³/mol. The Morgan fingerprint density at radius 2 is 2.00 bits per heavy atom. The van der Waals surface area contributed by atoms with Crippen LogP contribution >= 0.6 is 11.6 Å². The van der Waals surface area contributed by atoms with Gasteiger partial charge in [0.2, 0.25) is 5.88 Å². The molecule has 1 heterocycles. The Labute approximate surface area is 115 Å². The zero-order chi connectivity index (χ0) is 14.0. The summed E-state index contributed by atoms with van der Waals surface area (Å²) in [5.74, 6) is 0.695. The highest BCUT2D eigenvalue weighted by molar-refractivity contribution is 6.29. The highest BCUT2D eigenvalue weighted by Gasteiger charge is 2.12. The molecular weight excluding hydrogens is 268 g/mol. The number of nitrogens with zero attached hydrogens (tertiary/aromatic N) is 2. The molecule has 0 N–H and O–H groups in total. The van der Waals surface area contributed by atoms with Gasteiger partial charge in [-0.15, -0.1) is 0 Å². The number of pyridine rings is 1. The van der Waals surface area contributed by atoms with Crippen LogP contribution in [0.15, 0.2) is 30.3 Å². The fourth-order valence-electron chi connectivity index (χ4n) is 1.64. The normalized spacial score (nSPS) is 10.3. The third-order valence-corrected chi connectivity index (χ3v) is 2.70. The minimum absolute atomic E-state index is 0.0222. The van der Waals surface area contributed by atoms with Crippen molar-refractivity contribution in [2.75, 3.05) is 0 Å². The van der Waals surface area contributed by atoms with E-state index in [1.807, 2.05) is 26.0 Å². The van der Waals surface area contributed by atoms with Crippen LogP contribution in [0.25, 0.3) is 0 Å². The van der Waals surface area contributed by atoms with Crippen LogP contribution in [0.4, 0.5) is 5.69 Å². The van der Waals surface area contributed by atoms with E-state index in [1.54, 1.807) is 6.07 Å². The molecule has 0 radical (unpaired) electrons. The molecule has 6 heteroatoms. The molecule has 0 aliphatic heterocycles. The van der Waals surface area contributed by atoms with Gasteiger partial charge in [-0.05, 0) is 25.5 Å². The summed E-state index contributed by atoms with van der Waals surface area (Å²) in [4.78, 5) is 14.1. The second-order valence-corrected chi connectivity index (χ2v) is 4.50. The lowest BCUT2D eigenvalue weighted by Crippen LogP contribution is -1.94. The minimum atomic E-state index is -0.539. The number of ether oxygens (including phenoxy) is 1. The lowest BCUT2D eigenvalue weighted by Gasteiger charge is -2.08. The van der Waals surface area contributed by atoms with Gasteiger partial charge in [-0.2, -0.15) is 0 Å². The van der Waals surface area contributed by atoms with Crippen molar-refractivity contribution < 1.29 is 9.66 Å². The van der Waals surface area contributed by atoms with Gasteiger partial charge in [0, 0.05) is 0 Å². The summed E-state index contributed by atoms with van der Waals surface area (Å²) < 4.78 is 5.54. The van der Waals surface area contributed by atoms with Crippen molar-refractivity contribution in [3.63, 3.8) is 0 Å². The van der Waals surface area contributed by atoms with Gasteiger partial charge < -0.3 is 4.74 Å². The summed E-state index contributed by atoms with van der Waals surface area (Å²) in [6.45, 7) is 3.86. The SMILES string of the molecule is Cc1ccc(Oc2cc([N+](=O)[O-])cc(Cl)n2)c(C)c1. The van der Waals surface area contributed by atoms with Crippen molar-refractivity contribution in [1.29, 1.82) is 0 Å². The van der Waals surface area contributed by atoms with E-state index < -0.39 is 4.92 Å². The number of hydrogen-bond acceptors (Lipinski definition) is 4. The fourth-order valence-corrected chi connectivity index (χ4v) is 1.84. The van der Waals surface area contributed by atoms with Crippen LogP contribution in [-0.4, -0.2) is 9.91 Å². The van der Waals surface area contributed by atoms with Crippen molar-refractivity contribution in [2.24, 2.45) is 0 Å². The van der Waals surface area contributed by atoms with E-state index in [0.717, 1.165) is 11.1 Å². The molecule has 0 amide bonds. The molecule has 1 aromatic carbocycles. The maximum Gasteiger partial charge on any atom is 0.277 e. The first kappa shape index (κ1) is 13.3. The van der Waals surface area contributed by atoms with E-state index in [2.05, 4.69) is 4.98 Å². The molecule has 0 unspecified atom stereocenters. The van der Waals surface area contributed by atoms with Crippen LogP contribution in [0.1, 0.15) is 11.1 Å².